The zero-order valence-electron chi connectivity index (χ0n) is 12.0. The van der Waals surface area contributed by atoms with Crippen molar-refractivity contribution in [2.24, 2.45) is 0 Å². The van der Waals surface area contributed by atoms with E-state index in [1.165, 1.54) is 11.8 Å². The Morgan fingerprint density at radius 2 is 2.29 bits per heavy atom. The van der Waals surface area contributed by atoms with Crippen LogP contribution >= 0.6 is 11.8 Å². The Balaban J connectivity index is 1.74. The molecule has 0 saturated heterocycles. The first kappa shape index (κ1) is 14.1. The molecule has 1 aliphatic rings. The molecular weight excluding hydrogens is 286 g/mol. The summed E-state index contributed by atoms with van der Waals surface area (Å²) in [5.74, 6) is 0.0429. The van der Waals surface area contributed by atoms with E-state index in [9.17, 15) is 4.79 Å². The first-order valence-corrected chi connectivity index (χ1v) is 7.84. The first-order chi connectivity index (χ1) is 10.1. The number of hydrogen-bond acceptors (Lipinski definition) is 5. The van der Waals surface area contributed by atoms with Crippen molar-refractivity contribution in [1.29, 1.82) is 0 Å². The van der Waals surface area contributed by atoms with Crippen LogP contribution in [0.2, 0.25) is 0 Å². The number of aryl methyl sites for hydroxylation is 1. The Hall–Kier alpha value is -1.89. The number of hydrogen-bond donors (Lipinski definition) is 1. The SMILES string of the molecule is Cc1cccc(-n2nnnc2SC(C)C(=O)NC2CC2)c1. The van der Waals surface area contributed by atoms with E-state index in [1.807, 2.05) is 38.1 Å². The molecule has 1 saturated carbocycles. The Labute approximate surface area is 127 Å². The summed E-state index contributed by atoms with van der Waals surface area (Å²) in [6, 6.07) is 8.31. The van der Waals surface area contributed by atoms with Gasteiger partial charge in [-0.1, -0.05) is 23.9 Å². The number of nitrogens with zero attached hydrogens (tertiary/aromatic N) is 4. The van der Waals surface area contributed by atoms with Crippen molar-refractivity contribution < 1.29 is 4.79 Å². The van der Waals surface area contributed by atoms with E-state index in [0.717, 1.165) is 24.1 Å². The standard InChI is InChI=1S/C14H17N5OS/c1-9-4-3-5-12(8-9)19-14(16-17-18-19)21-10(2)13(20)15-11-6-7-11/h3-5,8,10-11H,6-7H2,1-2H3,(H,15,20). The van der Waals surface area contributed by atoms with E-state index in [0.29, 0.717) is 11.2 Å². The highest BCUT2D eigenvalue weighted by atomic mass is 32.2. The predicted molar refractivity (Wildman–Crippen MR) is 80.4 cm³/mol. The highest BCUT2D eigenvalue weighted by Gasteiger charge is 2.27. The molecule has 1 aromatic heterocycles. The number of tetrazole rings is 1. The number of amides is 1. The molecule has 7 heteroatoms. The van der Waals surface area contributed by atoms with Crippen LogP contribution in [-0.2, 0) is 4.79 Å². The van der Waals surface area contributed by atoms with Crippen LogP contribution in [-0.4, -0.2) is 37.4 Å². The van der Waals surface area contributed by atoms with Crippen LogP contribution in [0.1, 0.15) is 25.3 Å². The minimum Gasteiger partial charge on any atom is -0.352 e. The van der Waals surface area contributed by atoms with Gasteiger partial charge in [0, 0.05) is 6.04 Å². The summed E-state index contributed by atoms with van der Waals surface area (Å²) in [7, 11) is 0. The topological polar surface area (TPSA) is 72.7 Å². The van der Waals surface area contributed by atoms with Gasteiger partial charge in [0.25, 0.3) is 0 Å². The van der Waals surface area contributed by atoms with E-state index in [-0.39, 0.29) is 11.2 Å². The molecule has 0 spiro atoms. The Bertz CT molecular complexity index is 652. The third kappa shape index (κ3) is 3.41. The largest absolute Gasteiger partial charge is 0.352 e. The van der Waals surface area contributed by atoms with Gasteiger partial charge in [-0.15, -0.1) is 5.10 Å². The molecule has 1 unspecified atom stereocenters. The van der Waals surface area contributed by atoms with E-state index < -0.39 is 0 Å². The zero-order chi connectivity index (χ0) is 14.8. The smallest absolute Gasteiger partial charge is 0.233 e. The fourth-order valence-electron chi connectivity index (χ4n) is 1.93. The maximum Gasteiger partial charge on any atom is 0.233 e. The molecule has 2 aromatic rings. The van der Waals surface area contributed by atoms with Gasteiger partial charge in [0.1, 0.15) is 0 Å². The summed E-state index contributed by atoms with van der Waals surface area (Å²) < 4.78 is 1.67. The second-order valence-corrected chi connectivity index (χ2v) is 6.56. The second kappa shape index (κ2) is 5.85. The Kier molecular flexibility index (Phi) is 3.92. The summed E-state index contributed by atoms with van der Waals surface area (Å²) in [5, 5.41) is 15.2. The maximum atomic E-state index is 12.0. The minimum absolute atomic E-state index is 0.0429. The summed E-state index contributed by atoms with van der Waals surface area (Å²) in [5.41, 5.74) is 2.04. The van der Waals surface area contributed by atoms with Gasteiger partial charge in [-0.25, -0.2) is 0 Å². The lowest BCUT2D eigenvalue weighted by atomic mass is 10.2. The number of carbonyl (C=O) groups excluding carboxylic acids is 1. The van der Waals surface area contributed by atoms with Crippen LogP contribution < -0.4 is 5.32 Å². The lowest BCUT2D eigenvalue weighted by Crippen LogP contribution is -2.32. The van der Waals surface area contributed by atoms with Gasteiger partial charge in [0.2, 0.25) is 11.1 Å². The van der Waals surface area contributed by atoms with Gasteiger partial charge in [-0.3, -0.25) is 4.79 Å². The molecule has 6 nitrogen and oxygen atoms in total. The second-order valence-electron chi connectivity index (χ2n) is 5.26. The number of benzene rings is 1. The maximum absolute atomic E-state index is 12.0. The van der Waals surface area contributed by atoms with Crippen molar-refractivity contribution in [3.8, 4) is 5.69 Å². The molecule has 1 atom stereocenters. The molecule has 1 heterocycles. The summed E-state index contributed by atoms with van der Waals surface area (Å²) in [4.78, 5) is 12.0. The van der Waals surface area contributed by atoms with Crippen molar-refractivity contribution in [2.75, 3.05) is 0 Å². The van der Waals surface area contributed by atoms with Crippen LogP contribution in [0.4, 0.5) is 0 Å². The highest BCUT2D eigenvalue weighted by Crippen LogP contribution is 2.25. The molecule has 1 aliphatic carbocycles. The van der Waals surface area contributed by atoms with Crippen LogP contribution in [0.15, 0.2) is 29.4 Å². The van der Waals surface area contributed by atoms with Crippen LogP contribution in [0.5, 0.6) is 0 Å². The molecule has 0 radical (unpaired) electrons. The minimum atomic E-state index is -0.222. The fraction of sp³-hybridized carbons (Fsp3) is 0.429. The van der Waals surface area contributed by atoms with Crippen molar-refractivity contribution >= 4 is 17.7 Å². The normalized spacial score (nSPS) is 15.7. The predicted octanol–water partition coefficient (Wildman–Crippen LogP) is 1.73. The number of thioether (sulfide) groups is 1. The first-order valence-electron chi connectivity index (χ1n) is 6.96. The number of aromatic nitrogens is 4. The molecule has 0 aliphatic heterocycles. The lowest BCUT2D eigenvalue weighted by Gasteiger charge is -2.11. The van der Waals surface area contributed by atoms with Crippen LogP contribution in [0, 0.1) is 6.92 Å². The van der Waals surface area contributed by atoms with Crippen molar-refractivity contribution in [3.05, 3.63) is 29.8 Å². The third-order valence-corrected chi connectivity index (χ3v) is 4.30. The number of nitrogens with one attached hydrogen (secondary N) is 1. The molecule has 110 valence electrons. The monoisotopic (exact) mass is 303 g/mol. The van der Waals surface area contributed by atoms with Crippen molar-refractivity contribution in [1.82, 2.24) is 25.5 Å². The van der Waals surface area contributed by atoms with E-state index in [4.69, 9.17) is 0 Å². The van der Waals surface area contributed by atoms with Gasteiger partial charge >= 0.3 is 0 Å². The van der Waals surface area contributed by atoms with Crippen LogP contribution in [0.25, 0.3) is 5.69 Å². The van der Waals surface area contributed by atoms with E-state index >= 15 is 0 Å². The number of rotatable bonds is 5. The van der Waals surface area contributed by atoms with Crippen LogP contribution in [0.3, 0.4) is 0 Å². The molecule has 3 rings (SSSR count). The van der Waals surface area contributed by atoms with Gasteiger partial charge in [0.15, 0.2) is 0 Å². The fourth-order valence-corrected chi connectivity index (χ4v) is 2.75. The Morgan fingerprint density at radius 1 is 1.48 bits per heavy atom. The Morgan fingerprint density at radius 3 is 3.00 bits per heavy atom. The van der Waals surface area contributed by atoms with Gasteiger partial charge in [-0.05, 0) is 54.8 Å². The van der Waals surface area contributed by atoms with Crippen molar-refractivity contribution in [2.45, 2.75) is 43.1 Å². The van der Waals surface area contributed by atoms with Crippen molar-refractivity contribution in [3.63, 3.8) is 0 Å². The van der Waals surface area contributed by atoms with Gasteiger partial charge in [0.05, 0.1) is 10.9 Å². The molecule has 1 amide bonds. The molecule has 0 bridgehead atoms. The third-order valence-electron chi connectivity index (χ3n) is 3.26. The van der Waals surface area contributed by atoms with E-state index in [2.05, 4.69) is 20.8 Å². The van der Waals surface area contributed by atoms with E-state index in [1.54, 1.807) is 4.68 Å². The van der Waals surface area contributed by atoms with Gasteiger partial charge < -0.3 is 5.32 Å². The summed E-state index contributed by atoms with van der Waals surface area (Å²) >= 11 is 1.37. The summed E-state index contributed by atoms with van der Waals surface area (Å²) in [6.45, 7) is 3.89. The quantitative estimate of drug-likeness (QED) is 0.852. The summed E-state index contributed by atoms with van der Waals surface area (Å²) in [6.07, 6.45) is 2.17. The average molecular weight is 303 g/mol. The number of carbonyl (C=O) groups is 1. The molecular formula is C14H17N5OS. The molecule has 1 aromatic carbocycles. The van der Waals surface area contributed by atoms with Gasteiger partial charge in [-0.2, -0.15) is 4.68 Å². The lowest BCUT2D eigenvalue weighted by molar-refractivity contribution is -0.120. The molecule has 1 fully saturated rings. The molecule has 1 N–H and O–H groups in total. The molecule has 21 heavy (non-hydrogen) atoms. The highest BCUT2D eigenvalue weighted by molar-refractivity contribution is 8.00. The zero-order valence-corrected chi connectivity index (χ0v) is 12.8. The average Bonchev–Trinajstić information content (AvgIpc) is 3.15.